The van der Waals surface area contributed by atoms with Gasteiger partial charge in [-0.1, -0.05) is 29.8 Å². The van der Waals surface area contributed by atoms with Crippen molar-refractivity contribution in [2.45, 2.75) is 39.8 Å². The van der Waals surface area contributed by atoms with Crippen LogP contribution in [0.15, 0.2) is 36.4 Å². The minimum absolute atomic E-state index is 0.212. The molecule has 8 heteroatoms. The first-order valence-electron chi connectivity index (χ1n) is 9.16. The molecule has 0 fully saturated rings. The van der Waals surface area contributed by atoms with E-state index in [1.807, 2.05) is 39.0 Å². The number of methoxy groups -OCH3 is 1. The molecular weight excluding hydrogens is 412 g/mol. The Kier molecular flexibility index (Phi) is 7.19. The molecule has 0 saturated heterocycles. The molecule has 158 valence electrons. The van der Waals surface area contributed by atoms with E-state index in [0.29, 0.717) is 10.8 Å². The predicted molar refractivity (Wildman–Crippen MR) is 117 cm³/mol. The molecule has 2 aromatic carbocycles. The number of hydrogen-bond donors (Lipinski definition) is 1. The molecule has 0 bridgehead atoms. The van der Waals surface area contributed by atoms with Gasteiger partial charge in [-0.3, -0.25) is 9.10 Å². The Bertz CT molecular complexity index is 1010. The van der Waals surface area contributed by atoms with E-state index in [0.717, 1.165) is 27.3 Å². The van der Waals surface area contributed by atoms with E-state index in [-0.39, 0.29) is 11.7 Å². The van der Waals surface area contributed by atoms with Gasteiger partial charge in [0.05, 0.1) is 25.1 Å². The summed E-state index contributed by atoms with van der Waals surface area (Å²) in [6, 6.07) is 9.30. The Hall–Kier alpha value is -2.25. The van der Waals surface area contributed by atoms with Crippen molar-refractivity contribution < 1.29 is 17.9 Å². The van der Waals surface area contributed by atoms with Gasteiger partial charge in [0.15, 0.2) is 0 Å². The number of halogens is 1. The number of carbonyl (C=O) groups excluding carboxylic acids is 1. The second-order valence-corrected chi connectivity index (χ2v) is 9.42. The zero-order valence-electron chi connectivity index (χ0n) is 17.5. The van der Waals surface area contributed by atoms with Crippen LogP contribution in [0, 0.1) is 13.8 Å². The minimum Gasteiger partial charge on any atom is -0.495 e. The smallest absolute Gasteiger partial charge is 0.244 e. The summed E-state index contributed by atoms with van der Waals surface area (Å²) in [5, 5.41) is 3.24. The van der Waals surface area contributed by atoms with Crippen LogP contribution in [0.5, 0.6) is 5.75 Å². The number of hydrogen-bond acceptors (Lipinski definition) is 4. The first-order valence-corrected chi connectivity index (χ1v) is 11.4. The number of amides is 1. The number of ether oxygens (including phenoxy) is 1. The van der Waals surface area contributed by atoms with E-state index in [1.54, 1.807) is 12.1 Å². The molecule has 1 amide bonds. The van der Waals surface area contributed by atoms with Gasteiger partial charge in [-0.15, -0.1) is 0 Å². The molecule has 29 heavy (non-hydrogen) atoms. The van der Waals surface area contributed by atoms with E-state index in [1.165, 1.54) is 20.1 Å². The van der Waals surface area contributed by atoms with Crippen LogP contribution in [0.4, 0.5) is 5.69 Å². The van der Waals surface area contributed by atoms with Crippen molar-refractivity contribution >= 4 is 33.2 Å². The van der Waals surface area contributed by atoms with Crippen LogP contribution in [0.2, 0.25) is 5.02 Å². The second kappa shape index (κ2) is 9.05. The van der Waals surface area contributed by atoms with Crippen LogP contribution in [0.3, 0.4) is 0 Å². The minimum atomic E-state index is -3.79. The molecule has 0 spiro atoms. The molecule has 2 unspecified atom stereocenters. The number of nitrogens with zero attached hydrogens (tertiary/aromatic N) is 1. The number of carbonyl (C=O) groups is 1. The Morgan fingerprint density at radius 1 is 1.10 bits per heavy atom. The van der Waals surface area contributed by atoms with Crippen molar-refractivity contribution in [2.75, 3.05) is 17.7 Å². The molecule has 0 aromatic heterocycles. The van der Waals surface area contributed by atoms with Gasteiger partial charge in [0.2, 0.25) is 15.9 Å². The Labute approximate surface area is 177 Å². The highest BCUT2D eigenvalue weighted by molar-refractivity contribution is 7.92. The van der Waals surface area contributed by atoms with Crippen LogP contribution >= 0.6 is 11.6 Å². The van der Waals surface area contributed by atoms with Crippen molar-refractivity contribution in [1.82, 2.24) is 5.32 Å². The zero-order valence-corrected chi connectivity index (χ0v) is 19.1. The molecule has 1 N–H and O–H groups in total. The third-order valence-corrected chi connectivity index (χ3v) is 6.32. The third-order valence-electron chi connectivity index (χ3n) is 4.86. The van der Waals surface area contributed by atoms with Crippen LogP contribution in [0.25, 0.3) is 0 Å². The van der Waals surface area contributed by atoms with Gasteiger partial charge >= 0.3 is 0 Å². The average molecular weight is 439 g/mol. The SMILES string of the molecule is COc1ccc(Cl)cc1N(C(C)C(=O)NC(C)c1ccc(C)c(C)c1)S(C)(=O)=O. The van der Waals surface area contributed by atoms with Gasteiger partial charge in [-0.05, 0) is 62.6 Å². The molecule has 0 radical (unpaired) electrons. The Balaban J connectivity index is 2.34. The van der Waals surface area contributed by atoms with Crippen molar-refractivity contribution in [1.29, 1.82) is 0 Å². The molecular formula is C21H27ClN2O4S. The number of rotatable bonds is 7. The van der Waals surface area contributed by atoms with Crippen LogP contribution in [-0.4, -0.2) is 33.7 Å². The summed E-state index contributed by atoms with van der Waals surface area (Å²) in [6.07, 6.45) is 1.05. The lowest BCUT2D eigenvalue weighted by Crippen LogP contribution is -2.48. The summed E-state index contributed by atoms with van der Waals surface area (Å²) in [7, 11) is -2.36. The highest BCUT2D eigenvalue weighted by atomic mass is 35.5. The third kappa shape index (κ3) is 5.42. The lowest BCUT2D eigenvalue weighted by Gasteiger charge is -2.30. The summed E-state index contributed by atoms with van der Waals surface area (Å²) >= 11 is 6.07. The highest BCUT2D eigenvalue weighted by Gasteiger charge is 2.32. The molecule has 0 saturated carbocycles. The monoisotopic (exact) mass is 438 g/mol. The van der Waals surface area contributed by atoms with Gasteiger partial charge in [-0.2, -0.15) is 0 Å². The summed E-state index contributed by atoms with van der Waals surface area (Å²) < 4.78 is 31.4. The maximum Gasteiger partial charge on any atom is 0.244 e. The van der Waals surface area contributed by atoms with Crippen LogP contribution < -0.4 is 14.4 Å². The van der Waals surface area contributed by atoms with E-state index in [2.05, 4.69) is 5.32 Å². The molecule has 0 heterocycles. The number of aryl methyl sites for hydroxylation is 2. The van der Waals surface area contributed by atoms with Gasteiger partial charge < -0.3 is 10.1 Å². The molecule has 2 aromatic rings. The highest BCUT2D eigenvalue weighted by Crippen LogP contribution is 2.34. The van der Waals surface area contributed by atoms with Gasteiger partial charge in [0.1, 0.15) is 11.8 Å². The lowest BCUT2D eigenvalue weighted by atomic mass is 10.0. The summed E-state index contributed by atoms with van der Waals surface area (Å²) in [5.74, 6) is -0.120. The van der Waals surface area contributed by atoms with Crippen LogP contribution in [0.1, 0.15) is 36.6 Å². The Morgan fingerprint density at radius 2 is 1.76 bits per heavy atom. The fraction of sp³-hybridized carbons (Fsp3) is 0.381. The standard InChI is InChI=1S/C21H27ClN2O4S/c1-13-7-8-17(11-14(13)2)15(3)23-21(25)16(4)24(29(6,26)27)19-12-18(22)9-10-20(19)28-5/h7-12,15-16H,1-6H3,(H,23,25). The summed E-state index contributed by atoms with van der Waals surface area (Å²) in [6.45, 7) is 7.42. The molecule has 0 aliphatic carbocycles. The molecule has 0 aliphatic heterocycles. The fourth-order valence-corrected chi connectivity index (χ4v) is 4.40. The number of anilines is 1. The number of sulfonamides is 1. The van der Waals surface area contributed by atoms with E-state index in [4.69, 9.17) is 16.3 Å². The van der Waals surface area contributed by atoms with Crippen molar-refractivity contribution in [3.8, 4) is 5.75 Å². The van der Waals surface area contributed by atoms with E-state index >= 15 is 0 Å². The quantitative estimate of drug-likeness (QED) is 0.708. The molecule has 2 atom stereocenters. The first kappa shape index (κ1) is 23.0. The number of benzene rings is 2. The second-order valence-electron chi connectivity index (χ2n) is 7.12. The topological polar surface area (TPSA) is 75.7 Å². The van der Waals surface area contributed by atoms with E-state index < -0.39 is 22.0 Å². The van der Waals surface area contributed by atoms with Gasteiger partial charge in [0.25, 0.3) is 0 Å². The largest absolute Gasteiger partial charge is 0.495 e. The maximum absolute atomic E-state index is 12.9. The Morgan fingerprint density at radius 3 is 2.31 bits per heavy atom. The normalized spacial score (nSPS) is 13.5. The molecule has 2 rings (SSSR count). The molecule has 6 nitrogen and oxygen atoms in total. The lowest BCUT2D eigenvalue weighted by molar-refractivity contribution is -0.122. The van der Waals surface area contributed by atoms with Crippen molar-refractivity contribution in [2.24, 2.45) is 0 Å². The average Bonchev–Trinajstić information content (AvgIpc) is 2.63. The van der Waals surface area contributed by atoms with Crippen molar-refractivity contribution in [3.63, 3.8) is 0 Å². The van der Waals surface area contributed by atoms with Gasteiger partial charge in [-0.25, -0.2) is 8.42 Å². The zero-order chi connectivity index (χ0) is 21.9. The predicted octanol–water partition coefficient (Wildman–Crippen LogP) is 4.00. The van der Waals surface area contributed by atoms with Gasteiger partial charge in [0, 0.05) is 5.02 Å². The first-order chi connectivity index (χ1) is 13.5. The van der Waals surface area contributed by atoms with E-state index in [9.17, 15) is 13.2 Å². The maximum atomic E-state index is 12.9. The van der Waals surface area contributed by atoms with Crippen molar-refractivity contribution in [3.05, 3.63) is 58.1 Å². The summed E-state index contributed by atoms with van der Waals surface area (Å²) in [4.78, 5) is 12.9. The fourth-order valence-electron chi connectivity index (χ4n) is 3.07. The summed E-state index contributed by atoms with van der Waals surface area (Å²) in [5.41, 5.74) is 3.44. The number of nitrogens with one attached hydrogen (secondary N) is 1. The molecule has 0 aliphatic rings. The van der Waals surface area contributed by atoms with Crippen LogP contribution in [-0.2, 0) is 14.8 Å².